The van der Waals surface area contributed by atoms with Gasteiger partial charge in [-0.15, -0.1) is 0 Å². The molecule has 4 rings (SSSR count). The van der Waals surface area contributed by atoms with Gasteiger partial charge in [-0.3, -0.25) is 9.36 Å². The minimum Gasteiger partial charge on any atom is -0.394 e. The molecular weight excluding hydrogens is 400 g/mol. The maximum absolute atomic E-state index is 13.0. The van der Waals surface area contributed by atoms with Gasteiger partial charge in [0.15, 0.2) is 0 Å². The first-order chi connectivity index (χ1) is 14.9. The molecule has 162 valence electrons. The van der Waals surface area contributed by atoms with Crippen LogP contribution in [0.2, 0.25) is 0 Å². The van der Waals surface area contributed by atoms with E-state index in [9.17, 15) is 19.8 Å². The standard InChI is InChI=1S/C22H24N4O5/c1-12(14-8-4-6-13-5-2-3-7-15(13)14)24-21(29)16-10-26(22(30)25-20(16)23)19-9-17(28)18(11-27)31-19/h2-8,10,12,17-19,27-28H,9,11H2,1H3,(H,24,29)(H2,23,25,30)/t12?,17-,18+,19+/m0/s1. The number of nitrogens with zero attached hydrogens (tertiary/aromatic N) is 2. The SMILES string of the molecule is CC(NC(=O)c1cn([C@H]2C[C@H](O)[C@@H](CO)O2)c(=O)nc1N)c1cccc2ccccc12. The Morgan fingerprint density at radius 2 is 2.06 bits per heavy atom. The monoisotopic (exact) mass is 424 g/mol. The summed E-state index contributed by atoms with van der Waals surface area (Å²) >= 11 is 0. The Morgan fingerprint density at radius 1 is 1.32 bits per heavy atom. The third kappa shape index (κ3) is 4.02. The molecule has 31 heavy (non-hydrogen) atoms. The normalized spacial score (nSPS) is 21.8. The van der Waals surface area contributed by atoms with E-state index in [1.165, 1.54) is 6.20 Å². The number of ether oxygens (including phenoxy) is 1. The smallest absolute Gasteiger partial charge is 0.351 e. The first kappa shape index (κ1) is 21.0. The van der Waals surface area contributed by atoms with Gasteiger partial charge in [0.05, 0.1) is 24.3 Å². The van der Waals surface area contributed by atoms with Gasteiger partial charge in [-0.1, -0.05) is 42.5 Å². The van der Waals surface area contributed by atoms with E-state index in [0.29, 0.717) is 0 Å². The van der Waals surface area contributed by atoms with E-state index < -0.39 is 30.0 Å². The molecule has 3 aromatic rings. The fourth-order valence-corrected chi connectivity index (χ4v) is 3.89. The van der Waals surface area contributed by atoms with Crippen LogP contribution in [0.1, 0.15) is 41.5 Å². The van der Waals surface area contributed by atoms with E-state index in [1.54, 1.807) is 0 Å². The van der Waals surface area contributed by atoms with Crippen molar-refractivity contribution in [1.82, 2.24) is 14.9 Å². The van der Waals surface area contributed by atoms with Gasteiger partial charge in [0.2, 0.25) is 0 Å². The predicted molar refractivity (Wildman–Crippen MR) is 114 cm³/mol. The first-order valence-corrected chi connectivity index (χ1v) is 10.0. The molecule has 9 heteroatoms. The number of nitrogens with two attached hydrogens (primary N) is 1. The number of benzene rings is 2. The number of nitrogen functional groups attached to an aromatic ring is 1. The van der Waals surface area contributed by atoms with Crippen molar-refractivity contribution in [1.29, 1.82) is 0 Å². The Hall–Kier alpha value is -3.27. The predicted octanol–water partition coefficient (Wildman–Crippen LogP) is 1.11. The lowest BCUT2D eigenvalue weighted by atomic mass is 9.99. The second-order valence-corrected chi connectivity index (χ2v) is 7.61. The maximum Gasteiger partial charge on any atom is 0.351 e. The maximum atomic E-state index is 13.0. The summed E-state index contributed by atoms with van der Waals surface area (Å²) in [5.41, 5.74) is 6.13. The molecule has 9 nitrogen and oxygen atoms in total. The average Bonchev–Trinajstić information content (AvgIpc) is 3.13. The summed E-state index contributed by atoms with van der Waals surface area (Å²) in [4.78, 5) is 29.0. The second kappa shape index (κ2) is 8.46. The van der Waals surface area contributed by atoms with E-state index in [4.69, 9.17) is 10.5 Å². The van der Waals surface area contributed by atoms with Crippen molar-refractivity contribution >= 4 is 22.5 Å². The lowest BCUT2D eigenvalue weighted by molar-refractivity contribution is -0.0459. The van der Waals surface area contributed by atoms with Gasteiger partial charge in [0, 0.05) is 12.6 Å². The van der Waals surface area contributed by atoms with Crippen molar-refractivity contribution in [2.45, 2.75) is 37.8 Å². The highest BCUT2D eigenvalue weighted by molar-refractivity contribution is 5.98. The van der Waals surface area contributed by atoms with E-state index in [0.717, 1.165) is 20.9 Å². The summed E-state index contributed by atoms with van der Waals surface area (Å²) in [5.74, 6) is -0.683. The quantitative estimate of drug-likeness (QED) is 0.481. The van der Waals surface area contributed by atoms with Crippen LogP contribution in [0.5, 0.6) is 0 Å². The number of fused-ring (bicyclic) bond motifs is 1. The van der Waals surface area contributed by atoms with Gasteiger partial charge in [-0.25, -0.2) is 4.79 Å². The van der Waals surface area contributed by atoms with E-state index in [-0.39, 0.29) is 30.5 Å². The molecule has 1 saturated heterocycles. The number of anilines is 1. The number of aromatic nitrogens is 2. The Morgan fingerprint density at radius 3 is 2.81 bits per heavy atom. The molecule has 0 saturated carbocycles. The zero-order valence-corrected chi connectivity index (χ0v) is 16.9. The molecule has 1 fully saturated rings. The third-order valence-corrected chi connectivity index (χ3v) is 5.56. The van der Waals surface area contributed by atoms with Crippen LogP contribution in [-0.2, 0) is 4.74 Å². The summed E-state index contributed by atoms with van der Waals surface area (Å²) in [6.07, 6.45) is -1.21. The number of carbonyl (C=O) groups is 1. The Labute approximate surface area is 178 Å². The number of hydrogen-bond donors (Lipinski definition) is 4. The lowest BCUT2D eigenvalue weighted by Crippen LogP contribution is -2.33. The van der Waals surface area contributed by atoms with Crippen LogP contribution < -0.4 is 16.7 Å². The van der Waals surface area contributed by atoms with Gasteiger partial charge in [-0.2, -0.15) is 4.98 Å². The number of aliphatic hydroxyl groups is 2. The summed E-state index contributed by atoms with van der Waals surface area (Å²) in [6, 6.07) is 13.4. The molecule has 1 aromatic heterocycles. The number of rotatable bonds is 5. The van der Waals surface area contributed by atoms with Crippen molar-refractivity contribution in [3.8, 4) is 0 Å². The molecule has 2 aromatic carbocycles. The highest BCUT2D eigenvalue weighted by Gasteiger charge is 2.35. The average molecular weight is 424 g/mol. The van der Waals surface area contributed by atoms with Crippen LogP contribution in [0, 0.1) is 0 Å². The van der Waals surface area contributed by atoms with Crippen molar-refractivity contribution in [3.05, 3.63) is 70.3 Å². The van der Waals surface area contributed by atoms with Gasteiger partial charge in [0.1, 0.15) is 18.1 Å². The van der Waals surface area contributed by atoms with Gasteiger partial charge < -0.3 is 26.0 Å². The fourth-order valence-electron chi connectivity index (χ4n) is 3.89. The Bertz CT molecular complexity index is 1170. The van der Waals surface area contributed by atoms with E-state index in [1.807, 2.05) is 49.4 Å². The Balaban J connectivity index is 1.60. The number of aliphatic hydroxyl groups excluding tert-OH is 2. The van der Waals surface area contributed by atoms with Crippen molar-refractivity contribution in [2.75, 3.05) is 12.3 Å². The molecule has 0 bridgehead atoms. The highest BCUT2D eigenvalue weighted by Crippen LogP contribution is 2.28. The van der Waals surface area contributed by atoms with E-state index >= 15 is 0 Å². The fraction of sp³-hybridized carbons (Fsp3) is 0.318. The molecule has 1 aliphatic rings. The molecule has 2 heterocycles. The molecule has 0 spiro atoms. The van der Waals surface area contributed by atoms with Crippen LogP contribution in [0.4, 0.5) is 5.82 Å². The van der Waals surface area contributed by atoms with Crippen LogP contribution in [-0.4, -0.2) is 44.5 Å². The summed E-state index contributed by atoms with van der Waals surface area (Å²) < 4.78 is 6.63. The summed E-state index contributed by atoms with van der Waals surface area (Å²) in [5, 5.41) is 24.2. The van der Waals surface area contributed by atoms with Crippen LogP contribution >= 0.6 is 0 Å². The minimum absolute atomic E-state index is 0.0252. The third-order valence-electron chi connectivity index (χ3n) is 5.56. The topological polar surface area (TPSA) is 140 Å². The van der Waals surface area contributed by atoms with Gasteiger partial charge >= 0.3 is 5.69 Å². The number of hydrogen-bond acceptors (Lipinski definition) is 7. The molecule has 4 atom stereocenters. The van der Waals surface area contributed by atoms with Crippen molar-refractivity contribution < 1.29 is 19.7 Å². The first-order valence-electron chi connectivity index (χ1n) is 10.0. The molecule has 5 N–H and O–H groups in total. The van der Waals surface area contributed by atoms with Crippen LogP contribution in [0.3, 0.4) is 0 Å². The molecule has 1 unspecified atom stereocenters. The molecule has 0 radical (unpaired) electrons. The number of amides is 1. The molecule has 1 aliphatic heterocycles. The zero-order valence-electron chi connectivity index (χ0n) is 16.9. The Kier molecular flexibility index (Phi) is 5.73. The lowest BCUT2D eigenvalue weighted by Gasteiger charge is -2.19. The molecule has 0 aliphatic carbocycles. The molecular formula is C22H24N4O5. The zero-order chi connectivity index (χ0) is 22.1. The second-order valence-electron chi connectivity index (χ2n) is 7.61. The van der Waals surface area contributed by atoms with Crippen LogP contribution in [0.25, 0.3) is 10.8 Å². The largest absolute Gasteiger partial charge is 0.394 e. The number of nitrogens with one attached hydrogen (secondary N) is 1. The minimum atomic E-state index is -0.928. The number of carbonyl (C=O) groups excluding carboxylic acids is 1. The van der Waals surface area contributed by atoms with Gasteiger partial charge in [0.25, 0.3) is 5.91 Å². The molecule has 1 amide bonds. The van der Waals surface area contributed by atoms with Gasteiger partial charge in [-0.05, 0) is 23.3 Å². The summed E-state index contributed by atoms with van der Waals surface area (Å²) in [6.45, 7) is 1.48. The van der Waals surface area contributed by atoms with E-state index in [2.05, 4.69) is 10.3 Å². The van der Waals surface area contributed by atoms with Crippen molar-refractivity contribution in [2.24, 2.45) is 0 Å². The highest BCUT2D eigenvalue weighted by atomic mass is 16.5. The summed E-state index contributed by atoms with van der Waals surface area (Å²) in [7, 11) is 0. The van der Waals surface area contributed by atoms with Crippen molar-refractivity contribution in [3.63, 3.8) is 0 Å². The van der Waals surface area contributed by atoms with Crippen LogP contribution in [0.15, 0.2) is 53.5 Å².